The van der Waals surface area contributed by atoms with Crippen molar-refractivity contribution in [1.82, 2.24) is 4.57 Å². The Kier molecular flexibility index (Phi) is 4.73. The van der Waals surface area contributed by atoms with E-state index in [9.17, 15) is 18.0 Å². The zero-order valence-electron chi connectivity index (χ0n) is 13.1. The molecule has 0 atom stereocenters. The van der Waals surface area contributed by atoms with Gasteiger partial charge in [0.25, 0.3) is 0 Å². The van der Waals surface area contributed by atoms with E-state index in [4.69, 9.17) is 0 Å². The Balaban J connectivity index is 2.21. The molecule has 0 aliphatic heterocycles. The summed E-state index contributed by atoms with van der Waals surface area (Å²) < 4.78 is 41.6. The van der Waals surface area contributed by atoms with Crippen molar-refractivity contribution in [3.63, 3.8) is 0 Å². The largest absolute Gasteiger partial charge is 0.416 e. The van der Waals surface area contributed by atoms with Gasteiger partial charge in [-0.05, 0) is 58.0 Å². The van der Waals surface area contributed by atoms with E-state index in [2.05, 4.69) is 22.6 Å². The van der Waals surface area contributed by atoms with Gasteiger partial charge in [-0.3, -0.25) is 4.79 Å². The van der Waals surface area contributed by atoms with E-state index >= 15 is 0 Å². The van der Waals surface area contributed by atoms with E-state index in [-0.39, 0.29) is 16.6 Å². The van der Waals surface area contributed by atoms with Gasteiger partial charge in [0.1, 0.15) is 0 Å². The van der Waals surface area contributed by atoms with Crippen LogP contribution in [0.2, 0.25) is 0 Å². The molecule has 128 valence electrons. The first-order valence-corrected chi connectivity index (χ1v) is 8.47. The summed E-state index contributed by atoms with van der Waals surface area (Å²) in [6.07, 6.45) is -1.21. The molecule has 0 fully saturated rings. The Bertz CT molecular complexity index is 992. The molecule has 0 saturated carbocycles. The molecular weight excluding hydrogens is 442 g/mol. The Labute approximate surface area is 156 Å². The number of hydrogen-bond donors (Lipinski definition) is 0. The Morgan fingerprint density at radius 2 is 1.48 bits per heavy atom. The number of aromatic nitrogens is 1. The highest BCUT2D eigenvalue weighted by atomic mass is 127. The maximum atomic E-state index is 13.0. The van der Waals surface area contributed by atoms with Gasteiger partial charge in [0.15, 0.2) is 5.43 Å². The van der Waals surface area contributed by atoms with Crippen LogP contribution in [0.3, 0.4) is 0 Å². The van der Waals surface area contributed by atoms with E-state index in [1.165, 1.54) is 12.1 Å². The highest BCUT2D eigenvalue weighted by molar-refractivity contribution is 14.1. The average molecular weight is 455 g/mol. The number of benzene rings is 2. The van der Waals surface area contributed by atoms with Gasteiger partial charge in [-0.25, -0.2) is 0 Å². The number of aryl methyl sites for hydroxylation is 1. The SMILES string of the molecule is Cn1cc(-c2cccc(I)c2)c(=O)c(-c2cccc(C(F)(F)F)c2)c1. The van der Waals surface area contributed by atoms with Crippen LogP contribution in [0.4, 0.5) is 13.2 Å². The maximum absolute atomic E-state index is 13.0. The third-order valence-corrected chi connectivity index (χ3v) is 4.46. The second-order valence-electron chi connectivity index (χ2n) is 5.67. The standard InChI is InChI=1S/C19H13F3INO/c1-24-10-16(12-4-2-6-14(8-12)19(20,21)22)18(25)17(11-24)13-5-3-7-15(23)9-13/h2-11H,1H3. The van der Waals surface area contributed by atoms with Gasteiger partial charge < -0.3 is 4.57 Å². The number of nitrogens with zero attached hydrogens (tertiary/aromatic N) is 1. The van der Waals surface area contributed by atoms with Crippen molar-refractivity contribution >= 4 is 22.6 Å². The summed E-state index contributed by atoms with van der Waals surface area (Å²) in [5.41, 5.74) is 0.622. The number of hydrogen-bond acceptors (Lipinski definition) is 1. The number of halogens is 4. The van der Waals surface area contributed by atoms with Gasteiger partial charge in [-0.15, -0.1) is 0 Å². The van der Waals surface area contributed by atoms with Gasteiger partial charge >= 0.3 is 6.18 Å². The van der Waals surface area contributed by atoms with E-state index < -0.39 is 11.7 Å². The molecule has 1 heterocycles. The first-order valence-electron chi connectivity index (χ1n) is 7.39. The zero-order chi connectivity index (χ0) is 18.2. The summed E-state index contributed by atoms with van der Waals surface area (Å²) in [5.74, 6) is 0. The summed E-state index contributed by atoms with van der Waals surface area (Å²) in [4.78, 5) is 12.9. The quantitative estimate of drug-likeness (QED) is 0.479. The van der Waals surface area contributed by atoms with Crippen molar-refractivity contribution in [2.45, 2.75) is 6.18 Å². The van der Waals surface area contributed by atoms with Gasteiger partial charge in [-0.2, -0.15) is 13.2 Å². The highest BCUT2D eigenvalue weighted by Crippen LogP contribution is 2.32. The number of alkyl halides is 3. The lowest BCUT2D eigenvalue weighted by Gasteiger charge is -2.11. The first-order chi connectivity index (χ1) is 11.8. The molecule has 2 aromatic carbocycles. The molecule has 0 bridgehead atoms. The van der Waals surface area contributed by atoms with Gasteiger partial charge in [-0.1, -0.05) is 24.3 Å². The fourth-order valence-electron chi connectivity index (χ4n) is 2.64. The number of pyridine rings is 1. The highest BCUT2D eigenvalue weighted by Gasteiger charge is 2.30. The molecule has 25 heavy (non-hydrogen) atoms. The fraction of sp³-hybridized carbons (Fsp3) is 0.105. The molecular formula is C19H13F3INO. The summed E-state index contributed by atoms with van der Waals surface area (Å²) in [5, 5.41) is 0. The summed E-state index contributed by atoms with van der Waals surface area (Å²) in [6.45, 7) is 0. The minimum atomic E-state index is -4.45. The van der Waals surface area contributed by atoms with Crippen molar-refractivity contribution in [3.05, 3.63) is 80.3 Å². The zero-order valence-corrected chi connectivity index (χ0v) is 15.3. The minimum absolute atomic E-state index is 0.241. The van der Waals surface area contributed by atoms with Crippen molar-refractivity contribution in [2.24, 2.45) is 7.05 Å². The van der Waals surface area contributed by atoms with Crippen LogP contribution in [0, 0.1) is 3.57 Å². The van der Waals surface area contributed by atoms with Crippen molar-refractivity contribution in [2.75, 3.05) is 0 Å². The van der Waals surface area contributed by atoms with Crippen LogP contribution in [-0.4, -0.2) is 4.57 Å². The molecule has 1 aromatic heterocycles. The molecule has 0 aliphatic carbocycles. The molecule has 0 amide bonds. The molecule has 0 unspecified atom stereocenters. The third-order valence-electron chi connectivity index (χ3n) is 3.79. The van der Waals surface area contributed by atoms with Crippen molar-refractivity contribution in [1.29, 1.82) is 0 Å². The maximum Gasteiger partial charge on any atom is 0.416 e. The van der Waals surface area contributed by atoms with Crippen LogP contribution in [0.1, 0.15) is 5.56 Å². The Hall–Kier alpha value is -2.09. The van der Waals surface area contributed by atoms with Crippen LogP contribution >= 0.6 is 22.6 Å². The van der Waals surface area contributed by atoms with E-state index in [0.29, 0.717) is 5.56 Å². The topological polar surface area (TPSA) is 22.0 Å². The van der Waals surface area contributed by atoms with Gasteiger partial charge in [0, 0.05) is 34.1 Å². The molecule has 6 heteroatoms. The van der Waals surface area contributed by atoms with E-state index in [1.54, 1.807) is 24.0 Å². The summed E-state index contributed by atoms with van der Waals surface area (Å²) in [7, 11) is 1.74. The van der Waals surface area contributed by atoms with E-state index in [1.807, 2.05) is 24.3 Å². The molecule has 0 N–H and O–H groups in total. The molecule has 3 aromatic rings. The predicted octanol–water partition coefficient (Wildman–Crippen LogP) is 5.34. The molecule has 0 spiro atoms. The van der Waals surface area contributed by atoms with Crippen LogP contribution < -0.4 is 5.43 Å². The fourth-order valence-corrected chi connectivity index (χ4v) is 3.18. The van der Waals surface area contributed by atoms with Gasteiger partial charge in [0.2, 0.25) is 0 Å². The second-order valence-corrected chi connectivity index (χ2v) is 6.91. The summed E-state index contributed by atoms with van der Waals surface area (Å²) >= 11 is 2.15. The first kappa shape index (κ1) is 17.7. The number of rotatable bonds is 2. The third kappa shape index (κ3) is 3.78. The van der Waals surface area contributed by atoms with Gasteiger partial charge in [0.05, 0.1) is 5.56 Å². The lowest BCUT2D eigenvalue weighted by Crippen LogP contribution is -2.12. The van der Waals surface area contributed by atoms with Crippen LogP contribution in [0.5, 0.6) is 0 Å². The normalized spacial score (nSPS) is 11.6. The Morgan fingerprint density at radius 3 is 2.04 bits per heavy atom. The monoisotopic (exact) mass is 455 g/mol. The van der Waals surface area contributed by atoms with Crippen LogP contribution in [0.15, 0.2) is 65.7 Å². The Morgan fingerprint density at radius 1 is 0.920 bits per heavy atom. The minimum Gasteiger partial charge on any atom is -0.356 e. The van der Waals surface area contributed by atoms with Crippen LogP contribution in [0.25, 0.3) is 22.3 Å². The predicted molar refractivity (Wildman–Crippen MR) is 100 cm³/mol. The second kappa shape index (κ2) is 6.67. The average Bonchev–Trinajstić information content (AvgIpc) is 2.56. The smallest absolute Gasteiger partial charge is 0.356 e. The lowest BCUT2D eigenvalue weighted by atomic mass is 9.99. The molecule has 0 radical (unpaired) electrons. The lowest BCUT2D eigenvalue weighted by molar-refractivity contribution is -0.137. The molecule has 2 nitrogen and oxygen atoms in total. The van der Waals surface area contributed by atoms with E-state index in [0.717, 1.165) is 21.3 Å². The van der Waals surface area contributed by atoms with Crippen molar-refractivity contribution in [3.8, 4) is 22.3 Å². The summed E-state index contributed by atoms with van der Waals surface area (Å²) in [6, 6.07) is 12.3. The molecule has 0 aliphatic rings. The molecule has 3 rings (SSSR count). The molecule has 0 saturated heterocycles. The van der Waals surface area contributed by atoms with Crippen molar-refractivity contribution < 1.29 is 13.2 Å². The van der Waals surface area contributed by atoms with Crippen LogP contribution in [-0.2, 0) is 13.2 Å².